The zero-order valence-corrected chi connectivity index (χ0v) is 16.6. The van der Waals surface area contributed by atoms with E-state index in [4.69, 9.17) is 27.9 Å². The summed E-state index contributed by atoms with van der Waals surface area (Å²) in [5.41, 5.74) is 0.972. The molecule has 27 heavy (non-hydrogen) atoms. The number of likely N-dealkylation sites (N-methyl/N-ethyl adjacent to an activating group) is 1. The third-order valence-electron chi connectivity index (χ3n) is 3.51. The van der Waals surface area contributed by atoms with Crippen molar-refractivity contribution in [2.45, 2.75) is 0 Å². The van der Waals surface area contributed by atoms with Crippen molar-refractivity contribution < 1.29 is 14.3 Å². The Hall–Kier alpha value is -2.28. The summed E-state index contributed by atoms with van der Waals surface area (Å²) < 4.78 is 5.39. The van der Waals surface area contributed by atoms with Gasteiger partial charge >= 0.3 is 0 Å². The normalized spacial score (nSPS) is 10.6. The molecule has 2 aromatic carbocycles. The van der Waals surface area contributed by atoms with E-state index in [9.17, 15) is 9.59 Å². The highest BCUT2D eigenvalue weighted by molar-refractivity contribution is 6.35. The first kappa shape index (κ1) is 21.0. The van der Waals surface area contributed by atoms with Crippen LogP contribution in [-0.2, 0) is 4.79 Å². The predicted octanol–water partition coefficient (Wildman–Crippen LogP) is 3.30. The second kappa shape index (κ2) is 10.2. The molecule has 0 aliphatic heterocycles. The lowest BCUT2D eigenvalue weighted by atomic mass is 10.2. The smallest absolute Gasteiger partial charge is 0.262 e. The second-order valence-electron chi connectivity index (χ2n) is 6.05. The molecule has 0 aliphatic carbocycles. The van der Waals surface area contributed by atoms with Gasteiger partial charge < -0.3 is 20.3 Å². The molecule has 8 heteroatoms. The highest BCUT2D eigenvalue weighted by atomic mass is 35.5. The molecular weight excluding hydrogens is 389 g/mol. The fraction of sp³-hybridized carbons (Fsp3) is 0.263. The molecule has 0 saturated carbocycles. The number of halogens is 2. The number of carbonyl (C=O) groups is 2. The van der Waals surface area contributed by atoms with Gasteiger partial charge in [-0.05, 0) is 50.5 Å². The Bertz CT molecular complexity index is 813. The van der Waals surface area contributed by atoms with Crippen LogP contribution in [-0.4, -0.2) is 50.5 Å². The molecule has 0 bridgehead atoms. The predicted molar refractivity (Wildman–Crippen MR) is 108 cm³/mol. The minimum Gasteiger partial charge on any atom is -0.482 e. The van der Waals surface area contributed by atoms with Crippen LogP contribution in [0.1, 0.15) is 10.4 Å². The van der Waals surface area contributed by atoms with Crippen molar-refractivity contribution in [2.24, 2.45) is 0 Å². The van der Waals surface area contributed by atoms with Gasteiger partial charge in [-0.15, -0.1) is 0 Å². The van der Waals surface area contributed by atoms with E-state index in [1.807, 2.05) is 19.0 Å². The standard InChI is InChI=1S/C19H21Cl2N3O3/c1-24(2)9-8-22-19(26)13-4-3-5-15(10-13)23-18(25)12-27-17-7-6-14(20)11-16(17)21/h3-7,10-11H,8-9,12H2,1-2H3,(H,22,26)(H,23,25). The number of carbonyl (C=O) groups excluding carboxylic acids is 2. The lowest BCUT2D eigenvalue weighted by molar-refractivity contribution is -0.118. The number of hydrogen-bond acceptors (Lipinski definition) is 4. The third kappa shape index (κ3) is 7.09. The Morgan fingerprint density at radius 1 is 1.11 bits per heavy atom. The highest BCUT2D eigenvalue weighted by Crippen LogP contribution is 2.27. The maximum atomic E-state index is 12.1. The van der Waals surface area contributed by atoms with Crippen molar-refractivity contribution in [2.75, 3.05) is 39.1 Å². The van der Waals surface area contributed by atoms with Gasteiger partial charge in [0, 0.05) is 29.4 Å². The fourth-order valence-electron chi connectivity index (χ4n) is 2.17. The fourth-order valence-corrected chi connectivity index (χ4v) is 2.63. The molecule has 144 valence electrons. The number of nitrogens with one attached hydrogen (secondary N) is 2. The first-order valence-corrected chi connectivity index (χ1v) is 9.01. The molecule has 0 unspecified atom stereocenters. The summed E-state index contributed by atoms with van der Waals surface area (Å²) in [4.78, 5) is 26.2. The summed E-state index contributed by atoms with van der Waals surface area (Å²) in [6, 6.07) is 11.4. The van der Waals surface area contributed by atoms with E-state index in [-0.39, 0.29) is 18.4 Å². The zero-order chi connectivity index (χ0) is 19.8. The van der Waals surface area contributed by atoms with Gasteiger partial charge in [0.05, 0.1) is 5.02 Å². The number of amides is 2. The largest absolute Gasteiger partial charge is 0.482 e. The van der Waals surface area contributed by atoms with E-state index in [2.05, 4.69) is 10.6 Å². The van der Waals surface area contributed by atoms with Crippen LogP contribution in [0, 0.1) is 0 Å². The van der Waals surface area contributed by atoms with Crippen LogP contribution < -0.4 is 15.4 Å². The lowest BCUT2D eigenvalue weighted by Gasteiger charge is -2.12. The van der Waals surface area contributed by atoms with Gasteiger partial charge in [0.15, 0.2) is 6.61 Å². The first-order chi connectivity index (χ1) is 12.8. The molecule has 0 aliphatic rings. The quantitative estimate of drug-likeness (QED) is 0.701. The third-order valence-corrected chi connectivity index (χ3v) is 4.04. The van der Waals surface area contributed by atoms with Gasteiger partial charge in [-0.25, -0.2) is 0 Å². The number of nitrogens with zero attached hydrogens (tertiary/aromatic N) is 1. The summed E-state index contributed by atoms with van der Waals surface area (Å²) in [7, 11) is 3.86. The van der Waals surface area contributed by atoms with Crippen LogP contribution in [0.4, 0.5) is 5.69 Å². The average Bonchev–Trinajstić information content (AvgIpc) is 2.61. The van der Waals surface area contributed by atoms with Gasteiger partial charge in [-0.1, -0.05) is 29.3 Å². The van der Waals surface area contributed by atoms with Crippen molar-refractivity contribution in [3.63, 3.8) is 0 Å². The number of rotatable bonds is 8. The summed E-state index contributed by atoms with van der Waals surface area (Å²) >= 11 is 11.8. The molecule has 2 N–H and O–H groups in total. The molecule has 0 spiro atoms. The van der Waals surface area contributed by atoms with E-state index in [0.29, 0.717) is 33.6 Å². The van der Waals surface area contributed by atoms with E-state index >= 15 is 0 Å². The van der Waals surface area contributed by atoms with Crippen molar-refractivity contribution >= 4 is 40.7 Å². The molecule has 0 fully saturated rings. The van der Waals surface area contributed by atoms with Crippen molar-refractivity contribution in [1.29, 1.82) is 0 Å². The highest BCUT2D eigenvalue weighted by Gasteiger charge is 2.09. The van der Waals surface area contributed by atoms with E-state index in [0.717, 1.165) is 6.54 Å². The Balaban J connectivity index is 1.89. The summed E-state index contributed by atoms with van der Waals surface area (Å²) in [5.74, 6) is -0.200. The molecule has 0 atom stereocenters. The molecule has 6 nitrogen and oxygen atoms in total. The Morgan fingerprint density at radius 2 is 1.89 bits per heavy atom. The molecule has 2 aromatic rings. The van der Waals surface area contributed by atoms with Gasteiger partial charge in [0.25, 0.3) is 11.8 Å². The van der Waals surface area contributed by atoms with Crippen LogP contribution in [0.5, 0.6) is 5.75 Å². The van der Waals surface area contributed by atoms with Crippen LogP contribution in [0.25, 0.3) is 0 Å². The molecule has 2 amide bonds. The summed E-state index contributed by atoms with van der Waals surface area (Å²) in [6.07, 6.45) is 0. The molecular formula is C19H21Cl2N3O3. The Kier molecular flexibility index (Phi) is 7.91. The summed E-state index contributed by atoms with van der Waals surface area (Å²) in [5, 5.41) is 6.33. The van der Waals surface area contributed by atoms with Gasteiger partial charge in [0.2, 0.25) is 0 Å². The molecule has 2 rings (SSSR count). The maximum absolute atomic E-state index is 12.1. The second-order valence-corrected chi connectivity index (χ2v) is 6.90. The van der Waals surface area contributed by atoms with E-state index in [1.54, 1.807) is 36.4 Å². The topological polar surface area (TPSA) is 70.7 Å². The monoisotopic (exact) mass is 409 g/mol. The van der Waals surface area contributed by atoms with Crippen LogP contribution in [0.2, 0.25) is 10.0 Å². The van der Waals surface area contributed by atoms with Gasteiger partial charge in [0.1, 0.15) is 5.75 Å². The average molecular weight is 410 g/mol. The number of ether oxygens (including phenoxy) is 1. The van der Waals surface area contributed by atoms with Crippen molar-refractivity contribution in [1.82, 2.24) is 10.2 Å². The number of anilines is 1. The van der Waals surface area contributed by atoms with E-state index < -0.39 is 0 Å². The SMILES string of the molecule is CN(C)CCNC(=O)c1cccc(NC(=O)COc2ccc(Cl)cc2Cl)c1. The van der Waals surface area contributed by atoms with Gasteiger partial charge in [-0.2, -0.15) is 0 Å². The zero-order valence-electron chi connectivity index (χ0n) is 15.1. The molecule has 0 saturated heterocycles. The van der Waals surface area contributed by atoms with Crippen LogP contribution in [0.15, 0.2) is 42.5 Å². The molecule has 0 aromatic heterocycles. The van der Waals surface area contributed by atoms with Gasteiger partial charge in [-0.3, -0.25) is 9.59 Å². The maximum Gasteiger partial charge on any atom is 0.262 e. The van der Waals surface area contributed by atoms with E-state index in [1.165, 1.54) is 6.07 Å². The minimum absolute atomic E-state index is 0.197. The number of hydrogen-bond donors (Lipinski definition) is 2. The minimum atomic E-state index is -0.369. The van der Waals surface area contributed by atoms with Crippen molar-refractivity contribution in [3.8, 4) is 5.75 Å². The van der Waals surface area contributed by atoms with Crippen LogP contribution >= 0.6 is 23.2 Å². The van der Waals surface area contributed by atoms with Crippen molar-refractivity contribution in [3.05, 3.63) is 58.1 Å². The Morgan fingerprint density at radius 3 is 2.59 bits per heavy atom. The Labute approximate surface area is 168 Å². The number of benzene rings is 2. The first-order valence-electron chi connectivity index (χ1n) is 8.26. The lowest BCUT2D eigenvalue weighted by Crippen LogP contribution is -2.31. The molecule has 0 radical (unpaired) electrons. The van der Waals surface area contributed by atoms with Crippen LogP contribution in [0.3, 0.4) is 0 Å². The summed E-state index contributed by atoms with van der Waals surface area (Å²) in [6.45, 7) is 1.06. The molecule has 0 heterocycles.